The zero-order valence-corrected chi connectivity index (χ0v) is 9.95. The fraction of sp³-hybridized carbons (Fsp3) is 0.727. The van der Waals surface area contributed by atoms with E-state index in [0.29, 0.717) is 6.04 Å². The Hall–Kier alpha value is -0.700. The lowest BCUT2D eigenvalue weighted by molar-refractivity contribution is 0.588. The van der Waals surface area contributed by atoms with Gasteiger partial charge in [-0.1, -0.05) is 0 Å². The van der Waals surface area contributed by atoms with Gasteiger partial charge < -0.3 is 9.47 Å². The molecule has 1 fully saturated rings. The van der Waals surface area contributed by atoms with Gasteiger partial charge in [-0.2, -0.15) is 0 Å². The number of anilines is 1. The van der Waals surface area contributed by atoms with Crippen LogP contribution in [0, 0.1) is 0 Å². The number of hydrogen-bond acceptors (Lipinski definition) is 2. The average Bonchev–Trinajstić information content (AvgIpc) is 2.82. The smallest absolute Gasteiger partial charge is 0.205 e. The van der Waals surface area contributed by atoms with Gasteiger partial charge in [0.15, 0.2) is 0 Å². The molecule has 0 aromatic carbocycles. The van der Waals surface area contributed by atoms with Gasteiger partial charge >= 0.3 is 0 Å². The molecule has 4 heteroatoms. The second-order valence-electron chi connectivity index (χ2n) is 4.16. The topological polar surface area (TPSA) is 21.1 Å². The van der Waals surface area contributed by atoms with Crippen molar-refractivity contribution < 1.29 is 0 Å². The summed E-state index contributed by atoms with van der Waals surface area (Å²) < 4.78 is 2.10. The van der Waals surface area contributed by atoms with Crippen molar-refractivity contribution in [2.24, 2.45) is 7.05 Å². The predicted octanol–water partition coefficient (Wildman–Crippen LogP) is 2.41. The molecule has 2 heterocycles. The normalized spacial score (nSPS) is 21.2. The van der Waals surface area contributed by atoms with Crippen molar-refractivity contribution in [2.75, 3.05) is 17.3 Å². The maximum atomic E-state index is 5.74. The summed E-state index contributed by atoms with van der Waals surface area (Å²) in [5.41, 5.74) is 0. The molecule has 0 aliphatic carbocycles. The van der Waals surface area contributed by atoms with Gasteiger partial charge in [0.2, 0.25) is 5.95 Å². The Labute approximate surface area is 96.0 Å². The summed E-state index contributed by atoms with van der Waals surface area (Å²) in [4.78, 5) is 6.84. The Morgan fingerprint density at radius 1 is 1.60 bits per heavy atom. The van der Waals surface area contributed by atoms with Crippen LogP contribution < -0.4 is 4.90 Å². The zero-order valence-electron chi connectivity index (χ0n) is 9.19. The molecule has 1 aromatic rings. The minimum Gasteiger partial charge on any atom is -0.339 e. The van der Waals surface area contributed by atoms with Crippen LogP contribution in [0.3, 0.4) is 0 Å². The van der Waals surface area contributed by atoms with Crippen molar-refractivity contribution >= 4 is 17.5 Å². The first-order valence-electron chi connectivity index (χ1n) is 5.63. The number of alkyl halides is 1. The van der Waals surface area contributed by atoms with Gasteiger partial charge in [0.1, 0.15) is 0 Å². The van der Waals surface area contributed by atoms with E-state index in [1.807, 2.05) is 12.4 Å². The zero-order chi connectivity index (χ0) is 10.7. The summed E-state index contributed by atoms with van der Waals surface area (Å²) in [5, 5.41) is 0. The summed E-state index contributed by atoms with van der Waals surface area (Å²) >= 11 is 5.74. The molecular formula is C11H18ClN3. The Morgan fingerprint density at radius 3 is 3.13 bits per heavy atom. The van der Waals surface area contributed by atoms with Crippen LogP contribution in [-0.2, 0) is 7.05 Å². The second kappa shape index (κ2) is 4.88. The fourth-order valence-corrected chi connectivity index (χ4v) is 2.50. The van der Waals surface area contributed by atoms with E-state index in [2.05, 4.69) is 21.5 Å². The van der Waals surface area contributed by atoms with Crippen molar-refractivity contribution in [3.63, 3.8) is 0 Å². The van der Waals surface area contributed by atoms with Crippen molar-refractivity contribution in [1.82, 2.24) is 9.55 Å². The maximum Gasteiger partial charge on any atom is 0.205 e. The molecule has 0 N–H and O–H groups in total. The van der Waals surface area contributed by atoms with Crippen LogP contribution in [0.25, 0.3) is 0 Å². The average molecular weight is 228 g/mol. The molecular weight excluding hydrogens is 210 g/mol. The van der Waals surface area contributed by atoms with Crippen molar-refractivity contribution in [2.45, 2.75) is 31.7 Å². The summed E-state index contributed by atoms with van der Waals surface area (Å²) in [5.74, 6) is 1.87. The number of aromatic nitrogens is 2. The van der Waals surface area contributed by atoms with Crippen molar-refractivity contribution in [3.05, 3.63) is 12.4 Å². The Balaban J connectivity index is 2.04. The van der Waals surface area contributed by atoms with E-state index in [4.69, 9.17) is 11.6 Å². The molecule has 0 saturated carbocycles. The van der Waals surface area contributed by atoms with E-state index in [1.54, 1.807) is 0 Å². The van der Waals surface area contributed by atoms with Crippen molar-refractivity contribution in [1.29, 1.82) is 0 Å². The highest BCUT2D eigenvalue weighted by Crippen LogP contribution is 2.26. The molecule has 1 aliphatic rings. The van der Waals surface area contributed by atoms with Gasteiger partial charge in [0, 0.05) is 37.9 Å². The third-order valence-electron chi connectivity index (χ3n) is 3.10. The molecule has 0 bridgehead atoms. The quantitative estimate of drug-likeness (QED) is 0.737. The Bertz CT molecular complexity index is 311. The van der Waals surface area contributed by atoms with Gasteiger partial charge in [-0.05, 0) is 25.7 Å². The van der Waals surface area contributed by atoms with Gasteiger partial charge in [-0.25, -0.2) is 4.98 Å². The molecule has 1 unspecified atom stereocenters. The second-order valence-corrected chi connectivity index (χ2v) is 4.54. The number of nitrogens with zero attached hydrogens (tertiary/aromatic N) is 3. The molecule has 84 valence electrons. The lowest BCUT2D eigenvalue weighted by atomic mass is 10.1. The predicted molar refractivity (Wildman–Crippen MR) is 63.5 cm³/mol. The summed E-state index contributed by atoms with van der Waals surface area (Å²) in [6, 6.07) is 0.643. The van der Waals surface area contributed by atoms with Crippen LogP contribution in [0.5, 0.6) is 0 Å². The lowest BCUT2D eigenvalue weighted by Gasteiger charge is -2.25. The van der Waals surface area contributed by atoms with E-state index in [0.717, 1.165) is 24.8 Å². The molecule has 1 atom stereocenters. The van der Waals surface area contributed by atoms with Gasteiger partial charge in [0.25, 0.3) is 0 Å². The first kappa shape index (κ1) is 10.8. The van der Waals surface area contributed by atoms with Crippen LogP contribution in [-0.4, -0.2) is 28.0 Å². The molecule has 3 nitrogen and oxygen atoms in total. The number of hydrogen-bond donors (Lipinski definition) is 0. The summed E-state index contributed by atoms with van der Waals surface area (Å²) in [6.07, 6.45) is 8.73. The van der Waals surface area contributed by atoms with Crippen LogP contribution in [0.15, 0.2) is 12.4 Å². The van der Waals surface area contributed by atoms with E-state index in [1.165, 1.54) is 19.3 Å². The SMILES string of the molecule is Cn1ccnc1N1CCCC1CCCCl. The van der Waals surface area contributed by atoms with E-state index in [9.17, 15) is 0 Å². The summed E-state index contributed by atoms with van der Waals surface area (Å²) in [6.45, 7) is 1.14. The fourth-order valence-electron chi connectivity index (χ4n) is 2.35. The molecule has 0 amide bonds. The van der Waals surface area contributed by atoms with E-state index in [-0.39, 0.29) is 0 Å². The lowest BCUT2D eigenvalue weighted by Crippen LogP contribution is -2.31. The van der Waals surface area contributed by atoms with Crippen LogP contribution in [0.1, 0.15) is 25.7 Å². The molecule has 1 saturated heterocycles. The molecule has 1 aromatic heterocycles. The third kappa shape index (κ3) is 2.28. The number of rotatable bonds is 4. The number of halogens is 1. The van der Waals surface area contributed by atoms with Crippen molar-refractivity contribution in [3.8, 4) is 0 Å². The highest BCUT2D eigenvalue weighted by atomic mass is 35.5. The van der Waals surface area contributed by atoms with Crippen LogP contribution in [0.2, 0.25) is 0 Å². The van der Waals surface area contributed by atoms with E-state index >= 15 is 0 Å². The Kier molecular flexibility index (Phi) is 3.52. The molecule has 0 radical (unpaired) electrons. The monoisotopic (exact) mass is 227 g/mol. The summed E-state index contributed by atoms with van der Waals surface area (Å²) in [7, 11) is 2.05. The largest absolute Gasteiger partial charge is 0.339 e. The first-order chi connectivity index (χ1) is 7.33. The highest BCUT2D eigenvalue weighted by molar-refractivity contribution is 6.17. The minimum atomic E-state index is 0.643. The van der Waals surface area contributed by atoms with Crippen LogP contribution >= 0.6 is 11.6 Å². The van der Waals surface area contributed by atoms with Gasteiger partial charge in [0.05, 0.1) is 0 Å². The van der Waals surface area contributed by atoms with Crippen LogP contribution in [0.4, 0.5) is 5.95 Å². The molecule has 0 spiro atoms. The van der Waals surface area contributed by atoms with Gasteiger partial charge in [-0.3, -0.25) is 0 Å². The standard InChI is InChI=1S/C11H18ClN3/c1-14-9-7-13-11(14)15-8-3-5-10(15)4-2-6-12/h7,9-10H,2-6,8H2,1H3. The highest BCUT2D eigenvalue weighted by Gasteiger charge is 2.26. The van der Waals surface area contributed by atoms with Gasteiger partial charge in [-0.15, -0.1) is 11.6 Å². The number of imidazole rings is 1. The molecule has 1 aliphatic heterocycles. The third-order valence-corrected chi connectivity index (χ3v) is 3.37. The molecule has 15 heavy (non-hydrogen) atoms. The number of aryl methyl sites for hydroxylation is 1. The maximum absolute atomic E-state index is 5.74. The Morgan fingerprint density at radius 2 is 2.47 bits per heavy atom. The first-order valence-corrected chi connectivity index (χ1v) is 6.16. The molecule has 2 rings (SSSR count). The minimum absolute atomic E-state index is 0.643. The van der Waals surface area contributed by atoms with E-state index < -0.39 is 0 Å².